The fraction of sp³-hybridized carbons (Fsp3) is 0.111. The number of aromatic nitrogens is 2. The Morgan fingerprint density at radius 3 is 2.47 bits per heavy atom. The van der Waals surface area contributed by atoms with E-state index in [0.29, 0.717) is 0 Å². The lowest BCUT2D eigenvalue weighted by molar-refractivity contribution is -0.141. The van der Waals surface area contributed by atoms with Crippen LogP contribution in [0.3, 0.4) is 0 Å². The fourth-order valence-electron chi connectivity index (χ4n) is 1.11. The fourth-order valence-corrected chi connectivity index (χ4v) is 2.02. The Morgan fingerprint density at radius 1 is 1.24 bits per heavy atom. The lowest BCUT2D eigenvalue weighted by Gasteiger charge is -2.17. The Morgan fingerprint density at radius 2 is 1.88 bits per heavy atom. The van der Waals surface area contributed by atoms with Crippen molar-refractivity contribution in [1.29, 1.82) is 0 Å². The second-order valence-electron chi connectivity index (χ2n) is 2.98. The van der Waals surface area contributed by atoms with Gasteiger partial charge in [-0.05, 0) is 26.7 Å². The molecule has 0 radical (unpaired) electrons. The smallest absolute Gasteiger partial charge is 0.292 e. The zero-order valence-electron chi connectivity index (χ0n) is 8.15. The van der Waals surface area contributed by atoms with E-state index in [4.69, 9.17) is 0 Å². The average molecular weight is 324 g/mol. The summed E-state index contributed by atoms with van der Waals surface area (Å²) in [6, 6.07) is 0. The molecule has 0 unspecified atom stereocenters. The molecule has 0 amide bonds. The molecule has 0 atom stereocenters. The molecule has 2 rings (SSSR count). The van der Waals surface area contributed by atoms with E-state index in [1.165, 1.54) is 16.7 Å². The van der Waals surface area contributed by atoms with E-state index in [-0.39, 0.29) is 10.4 Å². The van der Waals surface area contributed by atoms with Gasteiger partial charge in [0.25, 0.3) is 0 Å². The molecule has 0 fully saturated rings. The monoisotopic (exact) mass is 323 g/mol. The molecule has 0 aliphatic carbocycles. The van der Waals surface area contributed by atoms with Crippen molar-refractivity contribution in [2.24, 2.45) is 0 Å². The first-order valence-corrected chi connectivity index (χ1v) is 6.09. The molecule has 17 heavy (non-hydrogen) atoms. The number of alkyl halides is 3. The van der Waals surface area contributed by atoms with Gasteiger partial charge in [0.15, 0.2) is 5.69 Å². The van der Waals surface area contributed by atoms with E-state index >= 15 is 0 Å². The second kappa shape index (κ2) is 4.69. The lowest BCUT2D eigenvalue weighted by Crippen LogP contribution is -2.16. The van der Waals surface area contributed by atoms with Crippen molar-refractivity contribution in [1.82, 2.24) is 9.97 Å². The molecular formula is C9H5BrF3N3S. The summed E-state index contributed by atoms with van der Waals surface area (Å²) in [6.07, 6.45) is -0.231. The minimum Gasteiger partial charge on any atom is -0.292 e. The van der Waals surface area contributed by atoms with Crippen molar-refractivity contribution in [3.8, 4) is 0 Å². The Balaban J connectivity index is 2.40. The molecule has 1 aliphatic rings. The number of thioether (sulfide) groups is 1. The first kappa shape index (κ1) is 12.4. The van der Waals surface area contributed by atoms with Crippen molar-refractivity contribution in [2.75, 3.05) is 4.90 Å². The molecule has 3 nitrogen and oxygen atoms in total. The van der Waals surface area contributed by atoms with Crippen LogP contribution in [0.1, 0.15) is 5.69 Å². The van der Waals surface area contributed by atoms with Crippen LogP contribution in [0.5, 0.6) is 0 Å². The normalized spacial score (nSPS) is 15.4. The number of rotatable bonds is 1. The van der Waals surface area contributed by atoms with Crippen LogP contribution < -0.4 is 4.90 Å². The van der Waals surface area contributed by atoms with Crippen molar-refractivity contribution in [3.63, 3.8) is 0 Å². The van der Waals surface area contributed by atoms with E-state index in [0.717, 1.165) is 6.20 Å². The molecule has 0 saturated heterocycles. The van der Waals surface area contributed by atoms with Crippen molar-refractivity contribution >= 4 is 33.6 Å². The highest BCUT2D eigenvalue weighted by molar-refractivity contribution is 9.10. The molecule has 1 aromatic heterocycles. The minimum atomic E-state index is -4.51. The summed E-state index contributed by atoms with van der Waals surface area (Å²) >= 11 is 4.20. The first-order chi connectivity index (χ1) is 7.98. The van der Waals surface area contributed by atoms with E-state index < -0.39 is 11.9 Å². The van der Waals surface area contributed by atoms with Gasteiger partial charge in [-0.25, -0.2) is 9.97 Å². The van der Waals surface area contributed by atoms with Crippen LogP contribution >= 0.6 is 27.7 Å². The topological polar surface area (TPSA) is 29.0 Å². The zero-order chi connectivity index (χ0) is 12.5. The summed E-state index contributed by atoms with van der Waals surface area (Å²) in [7, 11) is 0. The molecule has 0 spiro atoms. The van der Waals surface area contributed by atoms with Gasteiger partial charge < -0.3 is 0 Å². The molecule has 0 bridgehead atoms. The summed E-state index contributed by atoms with van der Waals surface area (Å²) in [5, 5.41) is 3.44. The number of halogens is 4. The van der Waals surface area contributed by atoms with Crippen LogP contribution in [-0.2, 0) is 6.18 Å². The Labute approximate surface area is 108 Å². The Kier molecular flexibility index (Phi) is 3.43. The van der Waals surface area contributed by atoms with Gasteiger partial charge in [-0.1, -0.05) is 0 Å². The molecule has 90 valence electrons. The Bertz CT molecular complexity index is 475. The van der Waals surface area contributed by atoms with Gasteiger partial charge in [-0.2, -0.15) is 13.2 Å². The van der Waals surface area contributed by atoms with E-state index in [1.807, 2.05) is 0 Å². The summed E-state index contributed by atoms with van der Waals surface area (Å²) in [4.78, 5) is 8.75. The van der Waals surface area contributed by atoms with Crippen molar-refractivity contribution in [3.05, 3.63) is 39.6 Å². The SMILES string of the molecule is FC(F)(F)c1nc(N2C=CSC=C2)ncc1Br. The third-order valence-corrected chi connectivity index (χ3v) is 2.97. The highest BCUT2D eigenvalue weighted by atomic mass is 79.9. The second-order valence-corrected chi connectivity index (χ2v) is 4.65. The van der Waals surface area contributed by atoms with Gasteiger partial charge in [-0.15, -0.1) is 11.8 Å². The van der Waals surface area contributed by atoms with Crippen LogP contribution in [0.25, 0.3) is 0 Å². The summed E-state index contributed by atoms with van der Waals surface area (Å²) in [5.41, 5.74) is -0.984. The van der Waals surface area contributed by atoms with Crippen LogP contribution in [0.2, 0.25) is 0 Å². The molecule has 1 aliphatic heterocycles. The third-order valence-electron chi connectivity index (χ3n) is 1.83. The molecule has 1 aromatic rings. The van der Waals surface area contributed by atoms with Crippen LogP contribution in [0.15, 0.2) is 33.9 Å². The molecule has 0 N–H and O–H groups in total. The zero-order valence-corrected chi connectivity index (χ0v) is 10.6. The maximum absolute atomic E-state index is 12.6. The largest absolute Gasteiger partial charge is 0.434 e. The van der Waals surface area contributed by atoms with E-state index in [9.17, 15) is 13.2 Å². The summed E-state index contributed by atoms with van der Waals surface area (Å²) in [5.74, 6) is -0.0201. The molecule has 0 aromatic carbocycles. The van der Waals surface area contributed by atoms with Gasteiger partial charge in [-0.3, -0.25) is 4.90 Å². The Hall–Kier alpha value is -1.02. The molecular weight excluding hydrogens is 319 g/mol. The van der Waals surface area contributed by atoms with Gasteiger partial charge in [0.2, 0.25) is 5.95 Å². The number of hydrogen-bond donors (Lipinski definition) is 0. The van der Waals surface area contributed by atoms with Gasteiger partial charge in [0.05, 0.1) is 4.47 Å². The maximum Gasteiger partial charge on any atom is 0.434 e. The molecule has 0 saturated carbocycles. The van der Waals surface area contributed by atoms with Gasteiger partial charge >= 0.3 is 6.18 Å². The summed E-state index contributed by atoms with van der Waals surface area (Å²) < 4.78 is 37.7. The quantitative estimate of drug-likeness (QED) is 0.787. The number of anilines is 1. The van der Waals surface area contributed by atoms with Crippen LogP contribution in [0.4, 0.5) is 19.1 Å². The number of nitrogens with zero attached hydrogens (tertiary/aromatic N) is 3. The highest BCUT2D eigenvalue weighted by Crippen LogP contribution is 2.34. The molecule has 2 heterocycles. The molecule has 8 heteroatoms. The highest BCUT2D eigenvalue weighted by Gasteiger charge is 2.36. The predicted molar refractivity (Wildman–Crippen MR) is 63.1 cm³/mol. The summed E-state index contributed by atoms with van der Waals surface area (Å²) in [6.45, 7) is 0. The lowest BCUT2D eigenvalue weighted by atomic mass is 10.4. The third kappa shape index (κ3) is 2.81. The standard InChI is InChI=1S/C9H5BrF3N3S/c10-6-5-14-8(15-7(6)9(11,12)13)16-1-3-17-4-2-16/h1-5H. The van der Waals surface area contributed by atoms with Crippen molar-refractivity contribution < 1.29 is 13.2 Å². The first-order valence-electron chi connectivity index (χ1n) is 4.35. The van der Waals surface area contributed by atoms with Crippen molar-refractivity contribution in [2.45, 2.75) is 6.18 Å². The van der Waals surface area contributed by atoms with Crippen LogP contribution in [0, 0.1) is 0 Å². The minimum absolute atomic E-state index is 0.0201. The van der Waals surface area contributed by atoms with E-state index in [2.05, 4.69) is 25.9 Å². The average Bonchev–Trinajstić information content (AvgIpc) is 2.29. The number of hydrogen-bond acceptors (Lipinski definition) is 4. The van der Waals surface area contributed by atoms with Gasteiger partial charge in [0.1, 0.15) is 0 Å². The predicted octanol–water partition coefficient (Wildman–Crippen LogP) is 3.75. The van der Waals surface area contributed by atoms with Crippen LogP contribution in [-0.4, -0.2) is 9.97 Å². The maximum atomic E-state index is 12.6. The van der Waals surface area contributed by atoms with Gasteiger partial charge in [0, 0.05) is 18.6 Å². The van der Waals surface area contributed by atoms with E-state index in [1.54, 1.807) is 23.2 Å².